The van der Waals surface area contributed by atoms with Crippen LogP contribution in [-0.4, -0.2) is 22.7 Å². The second kappa shape index (κ2) is 5.41. The summed E-state index contributed by atoms with van der Waals surface area (Å²) in [5.41, 5.74) is 2.32. The van der Waals surface area contributed by atoms with E-state index in [0.29, 0.717) is 0 Å². The van der Waals surface area contributed by atoms with Crippen molar-refractivity contribution in [3.8, 4) is 0 Å². The number of rotatable bonds is 4. The molecule has 2 heterocycles. The first-order valence-electron chi connectivity index (χ1n) is 5.65. The SMILES string of the molecule is CCNC(C1=COCCC1)c1snnc1C. The minimum atomic E-state index is 0.227. The van der Waals surface area contributed by atoms with Crippen molar-refractivity contribution in [1.29, 1.82) is 0 Å². The maximum Gasteiger partial charge on any atom is 0.0876 e. The van der Waals surface area contributed by atoms with Gasteiger partial charge in [-0.15, -0.1) is 5.10 Å². The molecule has 0 bridgehead atoms. The summed E-state index contributed by atoms with van der Waals surface area (Å²) >= 11 is 1.47. The van der Waals surface area contributed by atoms with Gasteiger partial charge in [0.15, 0.2) is 0 Å². The van der Waals surface area contributed by atoms with E-state index >= 15 is 0 Å². The third-order valence-electron chi connectivity index (χ3n) is 2.69. The molecule has 1 atom stereocenters. The largest absolute Gasteiger partial charge is 0.501 e. The molecule has 1 unspecified atom stereocenters. The van der Waals surface area contributed by atoms with Crippen LogP contribution in [0.1, 0.15) is 36.4 Å². The second-order valence-electron chi connectivity index (χ2n) is 3.88. The van der Waals surface area contributed by atoms with Crippen LogP contribution in [-0.2, 0) is 4.74 Å². The maximum atomic E-state index is 5.41. The fourth-order valence-electron chi connectivity index (χ4n) is 1.90. The quantitative estimate of drug-likeness (QED) is 0.875. The predicted molar refractivity (Wildman–Crippen MR) is 64.3 cm³/mol. The standard InChI is InChI=1S/C11H17N3OS/c1-3-12-10(9-5-4-6-15-7-9)11-8(2)13-14-16-11/h7,10,12H,3-6H2,1-2H3. The fraction of sp³-hybridized carbons (Fsp3) is 0.636. The lowest BCUT2D eigenvalue weighted by molar-refractivity contribution is 0.219. The number of aromatic nitrogens is 2. The van der Waals surface area contributed by atoms with E-state index in [1.54, 1.807) is 0 Å². The Labute approximate surface area is 99.9 Å². The van der Waals surface area contributed by atoms with Crippen LogP contribution in [0.15, 0.2) is 11.8 Å². The number of hydrogen-bond donors (Lipinski definition) is 1. The average molecular weight is 239 g/mol. The molecule has 0 aromatic carbocycles. The lowest BCUT2D eigenvalue weighted by atomic mass is 10.00. The topological polar surface area (TPSA) is 47.0 Å². The molecule has 88 valence electrons. The summed E-state index contributed by atoms with van der Waals surface area (Å²) in [5, 5.41) is 7.55. The maximum absolute atomic E-state index is 5.41. The molecular formula is C11H17N3OS. The van der Waals surface area contributed by atoms with Crippen molar-refractivity contribution in [2.45, 2.75) is 32.7 Å². The summed E-state index contributed by atoms with van der Waals surface area (Å²) < 4.78 is 9.41. The van der Waals surface area contributed by atoms with Gasteiger partial charge in [-0.1, -0.05) is 11.4 Å². The second-order valence-corrected chi connectivity index (χ2v) is 4.67. The molecule has 0 aliphatic carbocycles. The summed E-state index contributed by atoms with van der Waals surface area (Å²) in [7, 11) is 0. The molecule has 1 aromatic rings. The highest BCUT2D eigenvalue weighted by atomic mass is 32.1. The molecule has 1 aliphatic heterocycles. The lowest BCUT2D eigenvalue weighted by Gasteiger charge is -2.22. The fourth-order valence-corrected chi connectivity index (χ4v) is 2.66. The summed E-state index contributed by atoms with van der Waals surface area (Å²) in [5.74, 6) is 0. The van der Waals surface area contributed by atoms with Crippen LogP contribution in [0.3, 0.4) is 0 Å². The Hall–Kier alpha value is -0.940. The Morgan fingerprint density at radius 3 is 3.06 bits per heavy atom. The first-order chi connectivity index (χ1) is 7.83. The van der Waals surface area contributed by atoms with Crippen molar-refractivity contribution in [1.82, 2.24) is 14.9 Å². The first-order valence-corrected chi connectivity index (χ1v) is 6.43. The van der Waals surface area contributed by atoms with Gasteiger partial charge < -0.3 is 10.1 Å². The van der Waals surface area contributed by atoms with Gasteiger partial charge in [-0.3, -0.25) is 0 Å². The first kappa shape index (κ1) is 11.5. The van der Waals surface area contributed by atoms with Gasteiger partial charge in [0.2, 0.25) is 0 Å². The number of nitrogens with zero attached hydrogens (tertiary/aromatic N) is 2. The van der Waals surface area contributed by atoms with Gasteiger partial charge in [0.1, 0.15) is 0 Å². The van der Waals surface area contributed by atoms with Gasteiger partial charge in [0.25, 0.3) is 0 Å². The van der Waals surface area contributed by atoms with Gasteiger partial charge >= 0.3 is 0 Å². The van der Waals surface area contributed by atoms with Gasteiger partial charge in [-0.2, -0.15) is 0 Å². The third-order valence-corrected chi connectivity index (χ3v) is 3.58. The van der Waals surface area contributed by atoms with Crippen LogP contribution in [0.25, 0.3) is 0 Å². The minimum Gasteiger partial charge on any atom is -0.501 e. The number of ether oxygens (including phenoxy) is 1. The monoisotopic (exact) mass is 239 g/mol. The van der Waals surface area contributed by atoms with Crippen LogP contribution >= 0.6 is 11.5 Å². The van der Waals surface area contributed by atoms with E-state index in [1.165, 1.54) is 22.0 Å². The van der Waals surface area contributed by atoms with Crippen molar-refractivity contribution in [3.63, 3.8) is 0 Å². The van der Waals surface area contributed by atoms with Crippen molar-refractivity contribution < 1.29 is 4.74 Å². The molecule has 0 fully saturated rings. The summed E-state index contributed by atoms with van der Waals surface area (Å²) in [6.45, 7) is 5.88. The Morgan fingerprint density at radius 2 is 2.50 bits per heavy atom. The Morgan fingerprint density at radius 1 is 1.62 bits per heavy atom. The molecule has 0 amide bonds. The smallest absolute Gasteiger partial charge is 0.0876 e. The highest BCUT2D eigenvalue weighted by molar-refractivity contribution is 7.05. The predicted octanol–water partition coefficient (Wildman–Crippen LogP) is 2.19. The number of nitrogens with one attached hydrogen (secondary N) is 1. The molecular weight excluding hydrogens is 222 g/mol. The molecule has 0 spiro atoms. The molecule has 1 N–H and O–H groups in total. The van der Waals surface area contributed by atoms with E-state index < -0.39 is 0 Å². The Kier molecular flexibility index (Phi) is 3.90. The van der Waals surface area contributed by atoms with Crippen molar-refractivity contribution in [3.05, 3.63) is 22.4 Å². The molecule has 0 saturated heterocycles. The highest BCUT2D eigenvalue weighted by Gasteiger charge is 2.22. The normalized spacial score (nSPS) is 17.8. The molecule has 1 aromatic heterocycles. The van der Waals surface area contributed by atoms with Gasteiger partial charge in [-0.05, 0) is 43.4 Å². The zero-order valence-corrected chi connectivity index (χ0v) is 10.5. The molecule has 2 rings (SSSR count). The van der Waals surface area contributed by atoms with Crippen LogP contribution in [0.5, 0.6) is 0 Å². The molecule has 1 aliphatic rings. The zero-order valence-electron chi connectivity index (χ0n) is 9.69. The lowest BCUT2D eigenvalue weighted by Crippen LogP contribution is -2.24. The van der Waals surface area contributed by atoms with E-state index in [9.17, 15) is 0 Å². The summed E-state index contributed by atoms with van der Waals surface area (Å²) in [4.78, 5) is 1.21. The van der Waals surface area contributed by atoms with Gasteiger partial charge in [0.05, 0.1) is 29.5 Å². The third kappa shape index (κ3) is 2.41. The van der Waals surface area contributed by atoms with Crippen LogP contribution in [0.2, 0.25) is 0 Å². The number of hydrogen-bond acceptors (Lipinski definition) is 5. The molecule has 16 heavy (non-hydrogen) atoms. The van der Waals surface area contributed by atoms with Crippen molar-refractivity contribution >= 4 is 11.5 Å². The van der Waals surface area contributed by atoms with Crippen LogP contribution in [0, 0.1) is 6.92 Å². The van der Waals surface area contributed by atoms with E-state index in [2.05, 4.69) is 21.8 Å². The van der Waals surface area contributed by atoms with E-state index in [-0.39, 0.29) is 6.04 Å². The molecule has 4 nitrogen and oxygen atoms in total. The minimum absolute atomic E-state index is 0.227. The summed E-state index contributed by atoms with van der Waals surface area (Å²) in [6.07, 6.45) is 4.09. The van der Waals surface area contributed by atoms with Crippen LogP contribution in [0.4, 0.5) is 0 Å². The number of likely N-dealkylation sites (N-methyl/N-ethyl adjacent to an activating group) is 1. The molecule has 5 heteroatoms. The van der Waals surface area contributed by atoms with E-state index in [1.807, 2.05) is 13.2 Å². The van der Waals surface area contributed by atoms with E-state index in [0.717, 1.165) is 31.7 Å². The van der Waals surface area contributed by atoms with Crippen LogP contribution < -0.4 is 5.32 Å². The Bertz CT molecular complexity index is 375. The average Bonchev–Trinajstić information content (AvgIpc) is 2.73. The van der Waals surface area contributed by atoms with Crippen molar-refractivity contribution in [2.75, 3.05) is 13.2 Å². The van der Waals surface area contributed by atoms with Gasteiger partial charge in [0, 0.05) is 0 Å². The summed E-state index contributed by atoms with van der Waals surface area (Å²) in [6, 6.07) is 0.227. The Balaban J connectivity index is 2.23. The van der Waals surface area contributed by atoms with E-state index in [4.69, 9.17) is 4.74 Å². The zero-order chi connectivity index (χ0) is 11.4. The molecule has 0 radical (unpaired) electrons. The number of aryl methyl sites for hydroxylation is 1. The van der Waals surface area contributed by atoms with Gasteiger partial charge in [-0.25, -0.2) is 0 Å². The molecule has 0 saturated carbocycles. The highest BCUT2D eigenvalue weighted by Crippen LogP contribution is 2.30. The van der Waals surface area contributed by atoms with Crippen molar-refractivity contribution in [2.24, 2.45) is 0 Å².